The van der Waals surface area contributed by atoms with Gasteiger partial charge in [-0.3, -0.25) is 0 Å². The molecule has 0 unspecified atom stereocenters. The lowest BCUT2D eigenvalue weighted by atomic mass is 10.1. The molecule has 0 aliphatic carbocycles. The first kappa shape index (κ1) is 13.7. The normalized spacial score (nSPS) is 12.1. The number of aromatic nitrogens is 2. The van der Waals surface area contributed by atoms with Gasteiger partial charge in [-0.05, 0) is 32.2 Å². The average molecular weight is 269 g/mol. The smallest absolute Gasteiger partial charge is 0.319 e. The predicted molar refractivity (Wildman–Crippen MR) is 66.9 cm³/mol. The Morgan fingerprint density at radius 1 is 1.21 bits per heavy atom. The Kier molecular flexibility index (Phi) is 3.71. The van der Waals surface area contributed by atoms with Crippen LogP contribution < -0.4 is 5.32 Å². The largest absolute Gasteiger partial charge is 0.416 e. The fourth-order valence-corrected chi connectivity index (χ4v) is 1.93. The van der Waals surface area contributed by atoms with Crippen molar-refractivity contribution < 1.29 is 13.2 Å². The van der Waals surface area contributed by atoms with Crippen molar-refractivity contribution in [3.8, 4) is 0 Å². The van der Waals surface area contributed by atoms with E-state index in [1.165, 1.54) is 6.07 Å². The second-order valence-corrected chi connectivity index (χ2v) is 4.30. The molecule has 19 heavy (non-hydrogen) atoms. The van der Waals surface area contributed by atoms with E-state index in [-0.39, 0.29) is 0 Å². The Morgan fingerprint density at radius 3 is 2.58 bits per heavy atom. The Balaban J connectivity index is 2.58. The number of hydrogen-bond donors (Lipinski definition) is 1. The quantitative estimate of drug-likeness (QED) is 0.931. The first-order valence-electron chi connectivity index (χ1n) is 5.91. The molecule has 0 amide bonds. The molecule has 1 aromatic carbocycles. The molecule has 0 bridgehead atoms. The molecule has 2 aromatic rings. The number of aryl methyl sites for hydroxylation is 1. The van der Waals surface area contributed by atoms with Crippen LogP contribution in [0.25, 0.3) is 10.9 Å². The number of rotatable bonds is 3. The third kappa shape index (κ3) is 3.01. The third-order valence-electron chi connectivity index (χ3n) is 2.83. The van der Waals surface area contributed by atoms with Crippen molar-refractivity contribution >= 4 is 10.9 Å². The number of fused-ring (bicyclic) bond motifs is 1. The van der Waals surface area contributed by atoms with Crippen molar-refractivity contribution in [3.05, 3.63) is 35.3 Å². The van der Waals surface area contributed by atoms with Crippen LogP contribution >= 0.6 is 0 Å². The predicted octanol–water partition coefficient (Wildman–Crippen LogP) is 2.72. The summed E-state index contributed by atoms with van der Waals surface area (Å²) in [7, 11) is 1.79. The summed E-state index contributed by atoms with van der Waals surface area (Å²) >= 11 is 0. The van der Waals surface area contributed by atoms with E-state index in [2.05, 4.69) is 15.3 Å². The van der Waals surface area contributed by atoms with Gasteiger partial charge >= 0.3 is 6.18 Å². The third-order valence-corrected chi connectivity index (χ3v) is 2.83. The van der Waals surface area contributed by atoms with Gasteiger partial charge < -0.3 is 5.32 Å². The second-order valence-electron chi connectivity index (χ2n) is 4.30. The molecule has 102 valence electrons. The van der Waals surface area contributed by atoms with E-state index in [0.717, 1.165) is 12.1 Å². The van der Waals surface area contributed by atoms with Gasteiger partial charge in [0.1, 0.15) is 5.82 Å². The summed E-state index contributed by atoms with van der Waals surface area (Å²) in [5, 5.41) is 3.43. The van der Waals surface area contributed by atoms with Gasteiger partial charge in [-0.15, -0.1) is 0 Å². The molecule has 3 nitrogen and oxygen atoms in total. The van der Waals surface area contributed by atoms with E-state index in [1.54, 1.807) is 14.0 Å². The summed E-state index contributed by atoms with van der Waals surface area (Å²) in [5.74, 6) is 0.568. The van der Waals surface area contributed by atoms with Crippen molar-refractivity contribution in [2.75, 3.05) is 13.6 Å². The van der Waals surface area contributed by atoms with Gasteiger partial charge in [0, 0.05) is 18.4 Å². The van der Waals surface area contributed by atoms with Crippen molar-refractivity contribution in [2.45, 2.75) is 19.5 Å². The molecule has 0 spiro atoms. The number of halogens is 3. The summed E-state index contributed by atoms with van der Waals surface area (Å²) in [6.45, 7) is 2.39. The van der Waals surface area contributed by atoms with E-state index in [9.17, 15) is 13.2 Å². The van der Waals surface area contributed by atoms with Crippen LogP contribution in [0.2, 0.25) is 0 Å². The maximum Gasteiger partial charge on any atom is 0.416 e. The fraction of sp³-hybridized carbons (Fsp3) is 0.385. The van der Waals surface area contributed by atoms with E-state index in [4.69, 9.17) is 0 Å². The highest BCUT2D eigenvalue weighted by atomic mass is 19.4. The van der Waals surface area contributed by atoms with Crippen molar-refractivity contribution in [1.82, 2.24) is 15.3 Å². The van der Waals surface area contributed by atoms with E-state index < -0.39 is 11.7 Å². The van der Waals surface area contributed by atoms with Crippen molar-refractivity contribution in [2.24, 2.45) is 0 Å². The summed E-state index contributed by atoms with van der Waals surface area (Å²) in [6.07, 6.45) is -3.78. The topological polar surface area (TPSA) is 37.8 Å². The van der Waals surface area contributed by atoms with Gasteiger partial charge in [0.05, 0.1) is 16.8 Å². The van der Waals surface area contributed by atoms with Gasteiger partial charge in [0.25, 0.3) is 0 Å². The highest BCUT2D eigenvalue weighted by Crippen LogP contribution is 2.31. The zero-order chi connectivity index (χ0) is 14.0. The average Bonchev–Trinajstić information content (AvgIpc) is 2.34. The molecule has 2 rings (SSSR count). The molecule has 1 N–H and O–H groups in total. The zero-order valence-electron chi connectivity index (χ0n) is 10.7. The standard InChI is InChI=1S/C13H14F3N3/c1-8-18-11-4-3-9(13(14,15)16)7-10(11)12(19-8)5-6-17-2/h3-4,7,17H,5-6H2,1-2H3. The van der Waals surface area contributed by atoms with Crippen molar-refractivity contribution in [3.63, 3.8) is 0 Å². The Morgan fingerprint density at radius 2 is 1.95 bits per heavy atom. The molecule has 6 heteroatoms. The molecule has 0 saturated carbocycles. The molecule has 0 aliphatic rings. The summed E-state index contributed by atoms with van der Waals surface area (Å²) in [4.78, 5) is 8.41. The number of likely N-dealkylation sites (N-methyl/N-ethyl adjacent to an activating group) is 1. The SMILES string of the molecule is CNCCc1nc(C)nc2ccc(C(F)(F)F)cc12. The number of alkyl halides is 3. The monoisotopic (exact) mass is 269 g/mol. The van der Waals surface area contributed by atoms with Crippen LogP contribution in [0.15, 0.2) is 18.2 Å². The van der Waals surface area contributed by atoms with Crippen LogP contribution in [0.3, 0.4) is 0 Å². The van der Waals surface area contributed by atoms with Crippen LogP contribution in [-0.2, 0) is 12.6 Å². The minimum atomic E-state index is -4.35. The molecular weight excluding hydrogens is 255 g/mol. The number of nitrogens with zero attached hydrogens (tertiary/aromatic N) is 2. The second kappa shape index (κ2) is 5.13. The summed E-state index contributed by atoms with van der Waals surface area (Å²) < 4.78 is 38.2. The van der Waals surface area contributed by atoms with E-state index >= 15 is 0 Å². The minimum Gasteiger partial charge on any atom is -0.319 e. The van der Waals surface area contributed by atoms with Gasteiger partial charge in [-0.1, -0.05) is 0 Å². The van der Waals surface area contributed by atoms with Gasteiger partial charge in [-0.25, -0.2) is 9.97 Å². The molecule has 0 atom stereocenters. The molecular formula is C13H14F3N3. The summed E-state index contributed by atoms with van der Waals surface area (Å²) in [6, 6.07) is 3.58. The Hall–Kier alpha value is -1.69. The highest BCUT2D eigenvalue weighted by molar-refractivity contribution is 5.81. The summed E-state index contributed by atoms with van der Waals surface area (Å²) in [5.41, 5.74) is 0.521. The lowest BCUT2D eigenvalue weighted by molar-refractivity contribution is -0.137. The molecule has 0 radical (unpaired) electrons. The molecule has 0 saturated heterocycles. The van der Waals surface area contributed by atoms with Crippen LogP contribution in [-0.4, -0.2) is 23.6 Å². The van der Waals surface area contributed by atoms with Gasteiger partial charge in [-0.2, -0.15) is 13.2 Å². The Bertz CT molecular complexity index is 593. The van der Waals surface area contributed by atoms with Crippen LogP contribution in [0.5, 0.6) is 0 Å². The van der Waals surface area contributed by atoms with E-state index in [1.807, 2.05) is 0 Å². The first-order valence-corrected chi connectivity index (χ1v) is 5.91. The number of nitrogens with one attached hydrogen (secondary N) is 1. The van der Waals surface area contributed by atoms with Gasteiger partial charge in [0.2, 0.25) is 0 Å². The molecule has 1 heterocycles. The Labute approximate surface area is 108 Å². The highest BCUT2D eigenvalue weighted by Gasteiger charge is 2.30. The first-order chi connectivity index (χ1) is 8.91. The number of benzene rings is 1. The molecule has 0 aliphatic heterocycles. The number of hydrogen-bond acceptors (Lipinski definition) is 3. The molecule has 0 fully saturated rings. The zero-order valence-corrected chi connectivity index (χ0v) is 10.7. The van der Waals surface area contributed by atoms with Crippen molar-refractivity contribution in [1.29, 1.82) is 0 Å². The van der Waals surface area contributed by atoms with Crippen LogP contribution in [0.4, 0.5) is 13.2 Å². The van der Waals surface area contributed by atoms with Gasteiger partial charge in [0.15, 0.2) is 0 Å². The maximum atomic E-state index is 12.7. The maximum absolute atomic E-state index is 12.7. The van der Waals surface area contributed by atoms with Crippen LogP contribution in [0, 0.1) is 6.92 Å². The lowest BCUT2D eigenvalue weighted by Gasteiger charge is -2.10. The molecule has 1 aromatic heterocycles. The fourth-order valence-electron chi connectivity index (χ4n) is 1.93. The lowest BCUT2D eigenvalue weighted by Crippen LogP contribution is -2.12. The van der Waals surface area contributed by atoms with Crippen LogP contribution in [0.1, 0.15) is 17.1 Å². The van der Waals surface area contributed by atoms with E-state index in [0.29, 0.717) is 35.4 Å². The minimum absolute atomic E-state index is 0.468.